The van der Waals surface area contributed by atoms with Gasteiger partial charge < -0.3 is 15.4 Å². The summed E-state index contributed by atoms with van der Waals surface area (Å²) < 4.78 is 5.20. The number of benzene rings is 2. The highest BCUT2D eigenvalue weighted by atomic mass is 35.5. The van der Waals surface area contributed by atoms with Crippen molar-refractivity contribution in [2.75, 3.05) is 17.7 Å². The van der Waals surface area contributed by atoms with Crippen LogP contribution in [0.3, 0.4) is 0 Å². The molecule has 126 valence electrons. The minimum atomic E-state index is -0.224. The number of halogens is 1. The third kappa shape index (κ3) is 4.49. The van der Waals surface area contributed by atoms with Crippen molar-refractivity contribution in [1.82, 2.24) is 4.98 Å². The van der Waals surface area contributed by atoms with Gasteiger partial charge in [0.15, 0.2) is 0 Å². The van der Waals surface area contributed by atoms with E-state index in [9.17, 15) is 4.79 Å². The first-order valence-electron chi connectivity index (χ1n) is 7.58. The maximum atomic E-state index is 12.4. The summed E-state index contributed by atoms with van der Waals surface area (Å²) in [6.45, 7) is 0. The predicted molar refractivity (Wildman–Crippen MR) is 99.9 cm³/mol. The van der Waals surface area contributed by atoms with Crippen molar-refractivity contribution in [3.05, 3.63) is 77.4 Å². The zero-order chi connectivity index (χ0) is 17.6. The zero-order valence-corrected chi connectivity index (χ0v) is 14.2. The average Bonchev–Trinajstić information content (AvgIpc) is 2.64. The fourth-order valence-corrected chi connectivity index (χ4v) is 2.35. The van der Waals surface area contributed by atoms with Crippen LogP contribution in [0, 0.1) is 0 Å². The SMILES string of the molecule is COc1cccc(Nc2cc(C(=O)Nc3ccc(Cl)cc3)ccn2)c1. The number of hydrogen-bond acceptors (Lipinski definition) is 4. The van der Waals surface area contributed by atoms with Crippen molar-refractivity contribution in [2.45, 2.75) is 0 Å². The van der Waals surface area contributed by atoms with Crippen molar-refractivity contribution >= 4 is 34.7 Å². The number of carbonyl (C=O) groups is 1. The first kappa shape index (κ1) is 16.8. The van der Waals surface area contributed by atoms with Gasteiger partial charge in [-0.05, 0) is 48.5 Å². The van der Waals surface area contributed by atoms with E-state index in [2.05, 4.69) is 15.6 Å². The molecule has 1 aromatic heterocycles. The number of methoxy groups -OCH3 is 1. The molecule has 0 atom stereocenters. The standard InChI is InChI=1S/C19H16ClN3O2/c1-25-17-4-2-3-16(12-17)22-18-11-13(9-10-21-18)19(24)23-15-7-5-14(20)6-8-15/h2-12H,1H3,(H,21,22)(H,23,24). The van der Waals surface area contributed by atoms with Crippen LogP contribution in [-0.2, 0) is 0 Å². The van der Waals surface area contributed by atoms with Crippen LogP contribution < -0.4 is 15.4 Å². The van der Waals surface area contributed by atoms with Crippen LogP contribution in [0.5, 0.6) is 5.75 Å². The second kappa shape index (κ2) is 7.68. The summed E-state index contributed by atoms with van der Waals surface area (Å²) in [6.07, 6.45) is 1.58. The number of carbonyl (C=O) groups excluding carboxylic acids is 1. The van der Waals surface area contributed by atoms with Gasteiger partial charge in [0, 0.05) is 34.2 Å². The summed E-state index contributed by atoms with van der Waals surface area (Å²) in [4.78, 5) is 16.6. The molecule has 0 radical (unpaired) electrons. The number of rotatable bonds is 5. The minimum Gasteiger partial charge on any atom is -0.497 e. The molecule has 3 rings (SSSR count). The fourth-order valence-electron chi connectivity index (χ4n) is 2.23. The number of aromatic nitrogens is 1. The Morgan fingerprint density at radius 1 is 1.04 bits per heavy atom. The first-order valence-corrected chi connectivity index (χ1v) is 7.96. The van der Waals surface area contributed by atoms with Crippen molar-refractivity contribution in [1.29, 1.82) is 0 Å². The molecule has 3 aromatic rings. The normalized spacial score (nSPS) is 10.2. The van der Waals surface area contributed by atoms with Crippen molar-refractivity contribution in [2.24, 2.45) is 0 Å². The highest BCUT2D eigenvalue weighted by Gasteiger charge is 2.08. The van der Waals surface area contributed by atoms with Gasteiger partial charge in [0.1, 0.15) is 11.6 Å². The van der Waals surface area contributed by atoms with Gasteiger partial charge >= 0.3 is 0 Å². The van der Waals surface area contributed by atoms with E-state index in [0.29, 0.717) is 22.1 Å². The predicted octanol–water partition coefficient (Wildman–Crippen LogP) is 4.74. The molecule has 1 amide bonds. The minimum absolute atomic E-state index is 0.224. The summed E-state index contributed by atoms with van der Waals surface area (Å²) in [6, 6.07) is 17.7. The van der Waals surface area contributed by atoms with Gasteiger partial charge in [-0.25, -0.2) is 4.98 Å². The van der Waals surface area contributed by atoms with Gasteiger partial charge in [-0.1, -0.05) is 17.7 Å². The van der Waals surface area contributed by atoms with Crippen LogP contribution in [0.15, 0.2) is 66.9 Å². The van der Waals surface area contributed by atoms with Crippen molar-refractivity contribution < 1.29 is 9.53 Å². The molecule has 0 spiro atoms. The van der Waals surface area contributed by atoms with Gasteiger partial charge in [-0.15, -0.1) is 0 Å². The van der Waals surface area contributed by atoms with Crippen molar-refractivity contribution in [3.8, 4) is 5.75 Å². The molecule has 5 nitrogen and oxygen atoms in total. The molecule has 0 aliphatic rings. The average molecular weight is 354 g/mol. The molecule has 1 heterocycles. The molecule has 6 heteroatoms. The Kier molecular flexibility index (Phi) is 5.16. The number of pyridine rings is 1. The van der Waals surface area contributed by atoms with Crippen LogP contribution in [0.1, 0.15) is 10.4 Å². The molecule has 25 heavy (non-hydrogen) atoms. The molecule has 0 aliphatic heterocycles. The Hall–Kier alpha value is -3.05. The lowest BCUT2D eigenvalue weighted by Crippen LogP contribution is -2.12. The van der Waals surface area contributed by atoms with Gasteiger partial charge in [0.2, 0.25) is 0 Å². The van der Waals surface area contributed by atoms with Crippen LogP contribution in [-0.4, -0.2) is 18.0 Å². The van der Waals surface area contributed by atoms with E-state index in [1.165, 1.54) is 0 Å². The Bertz CT molecular complexity index is 882. The Morgan fingerprint density at radius 2 is 1.84 bits per heavy atom. The van der Waals surface area contributed by atoms with Crippen molar-refractivity contribution in [3.63, 3.8) is 0 Å². The summed E-state index contributed by atoms with van der Waals surface area (Å²) >= 11 is 5.85. The summed E-state index contributed by atoms with van der Waals surface area (Å²) in [5.74, 6) is 1.08. The summed E-state index contributed by atoms with van der Waals surface area (Å²) in [5.41, 5.74) is 1.99. The third-order valence-corrected chi connectivity index (χ3v) is 3.72. The number of amides is 1. The first-order chi connectivity index (χ1) is 12.1. The third-order valence-electron chi connectivity index (χ3n) is 3.47. The van der Waals surface area contributed by atoms with E-state index >= 15 is 0 Å². The van der Waals surface area contributed by atoms with Gasteiger partial charge in [0.25, 0.3) is 5.91 Å². The van der Waals surface area contributed by atoms with E-state index in [1.54, 1.807) is 49.7 Å². The summed E-state index contributed by atoms with van der Waals surface area (Å²) in [5, 5.41) is 6.60. The Balaban J connectivity index is 1.74. The Morgan fingerprint density at radius 3 is 2.60 bits per heavy atom. The molecule has 0 saturated carbocycles. The van der Waals surface area contributed by atoms with E-state index in [-0.39, 0.29) is 5.91 Å². The zero-order valence-electron chi connectivity index (χ0n) is 13.5. The lowest BCUT2D eigenvalue weighted by molar-refractivity contribution is 0.102. The fraction of sp³-hybridized carbons (Fsp3) is 0.0526. The molecule has 0 unspecified atom stereocenters. The van der Waals surface area contributed by atoms with Crippen LogP contribution in [0.25, 0.3) is 0 Å². The maximum Gasteiger partial charge on any atom is 0.255 e. The molecule has 0 aliphatic carbocycles. The van der Waals surface area contributed by atoms with E-state index in [1.807, 2.05) is 24.3 Å². The van der Waals surface area contributed by atoms with E-state index in [4.69, 9.17) is 16.3 Å². The highest BCUT2D eigenvalue weighted by Crippen LogP contribution is 2.21. The van der Waals surface area contributed by atoms with E-state index < -0.39 is 0 Å². The number of ether oxygens (including phenoxy) is 1. The molecule has 0 fully saturated rings. The lowest BCUT2D eigenvalue weighted by Gasteiger charge is -2.09. The lowest BCUT2D eigenvalue weighted by atomic mass is 10.2. The van der Waals surface area contributed by atoms with E-state index in [0.717, 1.165) is 11.4 Å². The highest BCUT2D eigenvalue weighted by molar-refractivity contribution is 6.30. The topological polar surface area (TPSA) is 63.2 Å². The molecular weight excluding hydrogens is 338 g/mol. The molecule has 2 aromatic carbocycles. The van der Waals surface area contributed by atoms with Crippen LogP contribution >= 0.6 is 11.6 Å². The van der Waals surface area contributed by atoms with Gasteiger partial charge in [-0.3, -0.25) is 4.79 Å². The second-order valence-corrected chi connectivity index (χ2v) is 5.68. The van der Waals surface area contributed by atoms with Crippen LogP contribution in [0.2, 0.25) is 5.02 Å². The maximum absolute atomic E-state index is 12.4. The smallest absolute Gasteiger partial charge is 0.255 e. The van der Waals surface area contributed by atoms with Crippen LogP contribution in [0.4, 0.5) is 17.2 Å². The molecule has 0 saturated heterocycles. The summed E-state index contributed by atoms with van der Waals surface area (Å²) in [7, 11) is 1.61. The number of nitrogens with one attached hydrogen (secondary N) is 2. The largest absolute Gasteiger partial charge is 0.497 e. The van der Waals surface area contributed by atoms with Gasteiger partial charge in [-0.2, -0.15) is 0 Å². The number of anilines is 3. The number of nitrogens with zero attached hydrogens (tertiary/aromatic N) is 1. The molecular formula is C19H16ClN3O2. The molecule has 0 bridgehead atoms. The second-order valence-electron chi connectivity index (χ2n) is 5.25. The quantitative estimate of drug-likeness (QED) is 0.695. The van der Waals surface area contributed by atoms with Gasteiger partial charge in [0.05, 0.1) is 7.11 Å². The Labute approximate surface area is 150 Å². The molecule has 2 N–H and O–H groups in total. The monoisotopic (exact) mass is 353 g/mol. The number of hydrogen-bond donors (Lipinski definition) is 2.